The van der Waals surface area contributed by atoms with Crippen LogP contribution in [-0.4, -0.2) is 40.9 Å². The van der Waals surface area contributed by atoms with E-state index in [4.69, 9.17) is 0 Å². The summed E-state index contributed by atoms with van der Waals surface area (Å²) >= 11 is 0. The second-order valence-electron chi connectivity index (χ2n) is 5.80. The molecule has 25 heavy (non-hydrogen) atoms. The molecule has 122 valence electrons. The van der Waals surface area contributed by atoms with Gasteiger partial charge < -0.3 is 5.32 Å². The molecule has 5 heterocycles. The molecular formula is C17H14N8. The SMILES string of the molecule is Cn1cc(-c2ncnc3c2C(c2ccc4nccn4n2)=CCN3)cn1. The maximum absolute atomic E-state index is 4.68. The average molecular weight is 330 g/mol. The lowest BCUT2D eigenvalue weighted by Crippen LogP contribution is -2.13. The Morgan fingerprint density at radius 1 is 1.16 bits per heavy atom. The summed E-state index contributed by atoms with van der Waals surface area (Å²) in [5.74, 6) is 0.805. The van der Waals surface area contributed by atoms with Crippen LogP contribution in [0.4, 0.5) is 5.82 Å². The van der Waals surface area contributed by atoms with Gasteiger partial charge in [0, 0.05) is 43.3 Å². The maximum Gasteiger partial charge on any atom is 0.153 e. The summed E-state index contributed by atoms with van der Waals surface area (Å²) in [6.07, 6.45) is 11.0. The Kier molecular flexibility index (Phi) is 2.90. The largest absolute Gasteiger partial charge is 0.366 e. The minimum absolute atomic E-state index is 0.690. The number of fused-ring (bicyclic) bond motifs is 2. The standard InChI is InChI=1S/C17H14N8/c1-24-9-11(8-22-24)16-15-12(4-5-19-17(15)21-10-20-16)13-2-3-14-18-6-7-25(14)23-13/h2-4,6-10H,5H2,1H3,(H,19,20,21). The van der Waals surface area contributed by atoms with Crippen molar-refractivity contribution in [3.05, 3.63) is 60.6 Å². The number of hydrogen-bond donors (Lipinski definition) is 1. The molecule has 1 N–H and O–H groups in total. The zero-order chi connectivity index (χ0) is 16.8. The number of aryl methyl sites for hydroxylation is 1. The van der Waals surface area contributed by atoms with Crippen LogP contribution in [0, 0.1) is 0 Å². The number of hydrogen-bond acceptors (Lipinski definition) is 6. The highest BCUT2D eigenvalue weighted by Gasteiger charge is 2.22. The van der Waals surface area contributed by atoms with Crippen LogP contribution < -0.4 is 5.32 Å². The molecule has 5 rings (SSSR count). The van der Waals surface area contributed by atoms with E-state index in [1.807, 2.05) is 31.6 Å². The van der Waals surface area contributed by atoms with Gasteiger partial charge in [0.15, 0.2) is 5.65 Å². The Morgan fingerprint density at radius 2 is 2.12 bits per heavy atom. The number of imidazole rings is 1. The van der Waals surface area contributed by atoms with Crippen molar-refractivity contribution in [3.63, 3.8) is 0 Å². The van der Waals surface area contributed by atoms with Crippen molar-refractivity contribution in [2.24, 2.45) is 7.05 Å². The first-order chi connectivity index (χ1) is 12.3. The first-order valence-electron chi connectivity index (χ1n) is 7.89. The molecule has 8 heteroatoms. The molecule has 0 spiro atoms. The lowest BCUT2D eigenvalue weighted by atomic mass is 9.96. The van der Waals surface area contributed by atoms with Gasteiger partial charge in [0.25, 0.3) is 0 Å². The minimum Gasteiger partial charge on any atom is -0.366 e. The van der Waals surface area contributed by atoms with E-state index in [2.05, 4.69) is 36.5 Å². The van der Waals surface area contributed by atoms with Gasteiger partial charge in [-0.15, -0.1) is 0 Å². The molecule has 4 aromatic rings. The molecule has 1 aliphatic rings. The number of aromatic nitrogens is 7. The topological polar surface area (TPSA) is 85.8 Å². The predicted octanol–water partition coefficient (Wildman–Crippen LogP) is 1.78. The van der Waals surface area contributed by atoms with Crippen LogP contribution in [0.3, 0.4) is 0 Å². The van der Waals surface area contributed by atoms with Crippen molar-refractivity contribution in [2.45, 2.75) is 0 Å². The molecule has 0 saturated heterocycles. The molecule has 1 aliphatic heterocycles. The van der Waals surface area contributed by atoms with E-state index < -0.39 is 0 Å². The zero-order valence-electron chi connectivity index (χ0n) is 13.5. The summed E-state index contributed by atoms with van der Waals surface area (Å²) in [7, 11) is 1.89. The van der Waals surface area contributed by atoms with Gasteiger partial charge in [-0.1, -0.05) is 6.08 Å². The van der Waals surface area contributed by atoms with Crippen molar-refractivity contribution < 1.29 is 0 Å². The molecule has 0 aliphatic carbocycles. The molecular weight excluding hydrogens is 316 g/mol. The van der Waals surface area contributed by atoms with Gasteiger partial charge in [-0.25, -0.2) is 19.5 Å². The summed E-state index contributed by atoms with van der Waals surface area (Å²) < 4.78 is 3.53. The summed E-state index contributed by atoms with van der Waals surface area (Å²) in [5.41, 5.74) is 5.39. The number of nitrogens with zero attached hydrogens (tertiary/aromatic N) is 7. The summed E-state index contributed by atoms with van der Waals surface area (Å²) in [5, 5.41) is 12.3. The van der Waals surface area contributed by atoms with Gasteiger partial charge in [-0.3, -0.25) is 4.68 Å². The maximum atomic E-state index is 4.68. The molecule has 8 nitrogen and oxygen atoms in total. The summed E-state index contributed by atoms with van der Waals surface area (Å²) in [6, 6.07) is 3.93. The highest BCUT2D eigenvalue weighted by Crippen LogP contribution is 2.36. The first kappa shape index (κ1) is 13.8. The predicted molar refractivity (Wildman–Crippen MR) is 92.8 cm³/mol. The fourth-order valence-electron chi connectivity index (χ4n) is 3.08. The highest BCUT2D eigenvalue weighted by atomic mass is 15.2. The third-order valence-electron chi connectivity index (χ3n) is 4.20. The summed E-state index contributed by atoms with van der Waals surface area (Å²) in [6.45, 7) is 0.690. The minimum atomic E-state index is 0.690. The van der Waals surface area contributed by atoms with Crippen molar-refractivity contribution >= 4 is 17.0 Å². The van der Waals surface area contributed by atoms with Gasteiger partial charge in [0.05, 0.1) is 23.1 Å². The van der Waals surface area contributed by atoms with Crippen LogP contribution in [-0.2, 0) is 7.05 Å². The fraction of sp³-hybridized carbons (Fsp3) is 0.118. The average Bonchev–Trinajstić information content (AvgIpc) is 3.28. The van der Waals surface area contributed by atoms with E-state index in [9.17, 15) is 0 Å². The van der Waals surface area contributed by atoms with Crippen LogP contribution in [0.25, 0.3) is 22.5 Å². The van der Waals surface area contributed by atoms with E-state index in [1.54, 1.807) is 27.9 Å². The van der Waals surface area contributed by atoms with Crippen LogP contribution in [0.15, 0.2) is 49.3 Å². The van der Waals surface area contributed by atoms with Crippen molar-refractivity contribution in [2.75, 3.05) is 11.9 Å². The monoisotopic (exact) mass is 330 g/mol. The third kappa shape index (κ3) is 2.18. The van der Waals surface area contributed by atoms with Crippen LogP contribution in [0.5, 0.6) is 0 Å². The van der Waals surface area contributed by atoms with Gasteiger partial charge in [0.1, 0.15) is 12.1 Å². The smallest absolute Gasteiger partial charge is 0.153 e. The quantitative estimate of drug-likeness (QED) is 0.603. The van der Waals surface area contributed by atoms with Gasteiger partial charge in [-0.05, 0) is 12.1 Å². The first-order valence-corrected chi connectivity index (χ1v) is 7.89. The van der Waals surface area contributed by atoms with Gasteiger partial charge in [-0.2, -0.15) is 10.2 Å². The Labute approximate surface area is 142 Å². The molecule has 0 radical (unpaired) electrons. The van der Waals surface area contributed by atoms with Crippen molar-refractivity contribution in [1.29, 1.82) is 0 Å². The Morgan fingerprint density at radius 3 is 3.00 bits per heavy atom. The second-order valence-corrected chi connectivity index (χ2v) is 5.80. The Balaban J connectivity index is 1.72. The molecule has 0 bridgehead atoms. The highest BCUT2D eigenvalue weighted by molar-refractivity contribution is 5.92. The Bertz CT molecular complexity index is 1120. The molecule has 4 aromatic heterocycles. The zero-order valence-corrected chi connectivity index (χ0v) is 13.5. The summed E-state index contributed by atoms with van der Waals surface area (Å²) in [4.78, 5) is 13.2. The molecule has 0 atom stereocenters. The molecule has 0 unspecified atom stereocenters. The van der Waals surface area contributed by atoms with E-state index in [1.165, 1.54) is 0 Å². The fourth-order valence-corrected chi connectivity index (χ4v) is 3.08. The lowest BCUT2D eigenvalue weighted by Gasteiger charge is -2.20. The molecule has 0 amide bonds. The van der Waals surface area contributed by atoms with Crippen molar-refractivity contribution in [1.82, 2.24) is 34.3 Å². The third-order valence-corrected chi connectivity index (χ3v) is 4.20. The number of nitrogens with one attached hydrogen (secondary N) is 1. The van der Waals surface area contributed by atoms with E-state index in [0.717, 1.165) is 39.6 Å². The van der Waals surface area contributed by atoms with Gasteiger partial charge >= 0.3 is 0 Å². The van der Waals surface area contributed by atoms with E-state index in [0.29, 0.717) is 6.54 Å². The van der Waals surface area contributed by atoms with Crippen LogP contribution >= 0.6 is 0 Å². The van der Waals surface area contributed by atoms with E-state index >= 15 is 0 Å². The van der Waals surface area contributed by atoms with Crippen LogP contribution in [0.2, 0.25) is 0 Å². The van der Waals surface area contributed by atoms with Gasteiger partial charge in [0.2, 0.25) is 0 Å². The van der Waals surface area contributed by atoms with Crippen LogP contribution in [0.1, 0.15) is 11.3 Å². The number of anilines is 1. The normalized spacial score (nSPS) is 13.4. The Hall–Kier alpha value is -3.55. The number of rotatable bonds is 2. The molecule has 0 fully saturated rings. The second kappa shape index (κ2) is 5.23. The molecule has 0 aromatic carbocycles. The van der Waals surface area contributed by atoms with Crippen molar-refractivity contribution in [3.8, 4) is 11.3 Å². The van der Waals surface area contributed by atoms with E-state index in [-0.39, 0.29) is 0 Å². The lowest BCUT2D eigenvalue weighted by molar-refractivity contribution is 0.768. The molecule has 0 saturated carbocycles.